The summed E-state index contributed by atoms with van der Waals surface area (Å²) in [6.45, 7) is 5.37. The van der Waals surface area contributed by atoms with Crippen LogP contribution in [0.25, 0.3) is 0 Å². The molecular formula is C16H27NO8. The number of ether oxygens (including phenoxy) is 3. The first-order valence-corrected chi connectivity index (χ1v) is 8.57. The minimum Gasteiger partial charge on any atom is -0.444 e. The van der Waals surface area contributed by atoms with Gasteiger partial charge in [0.05, 0.1) is 43.6 Å². The molecule has 0 aliphatic carbocycles. The maximum absolute atomic E-state index is 12.4. The molecule has 9 heteroatoms. The molecule has 0 saturated carbocycles. The van der Waals surface area contributed by atoms with Gasteiger partial charge in [-0.2, -0.15) is 0 Å². The van der Waals surface area contributed by atoms with Crippen LogP contribution in [0.3, 0.4) is 0 Å². The predicted octanol–water partition coefficient (Wildman–Crippen LogP) is -1.19. The Labute approximate surface area is 146 Å². The third-order valence-corrected chi connectivity index (χ3v) is 4.92. The lowest BCUT2D eigenvalue weighted by Crippen LogP contribution is -2.59. The zero-order chi connectivity index (χ0) is 18.5. The number of amides is 1. The molecule has 0 aromatic rings. The lowest BCUT2D eigenvalue weighted by atomic mass is 9.82. The first kappa shape index (κ1) is 18.8. The predicted molar refractivity (Wildman–Crippen MR) is 83.5 cm³/mol. The Hall–Kier alpha value is -0.970. The quantitative estimate of drug-likeness (QED) is 0.483. The number of carbonyl (C=O) groups excluding carboxylic acids is 1. The smallest absolute Gasteiger partial charge is 0.410 e. The lowest BCUT2D eigenvalue weighted by Gasteiger charge is -2.41. The number of carbonyl (C=O) groups is 1. The highest BCUT2D eigenvalue weighted by Crippen LogP contribution is 2.38. The molecular weight excluding hydrogens is 334 g/mol. The average molecular weight is 361 g/mol. The van der Waals surface area contributed by atoms with Crippen LogP contribution in [-0.2, 0) is 14.2 Å². The van der Waals surface area contributed by atoms with Crippen LogP contribution in [0.5, 0.6) is 0 Å². The normalized spacial score (nSPS) is 42.5. The van der Waals surface area contributed by atoms with Crippen LogP contribution in [0.2, 0.25) is 0 Å². The van der Waals surface area contributed by atoms with Crippen molar-refractivity contribution in [3.05, 3.63) is 0 Å². The fourth-order valence-electron chi connectivity index (χ4n) is 3.81. The molecule has 3 aliphatic heterocycles. The van der Waals surface area contributed by atoms with Crippen molar-refractivity contribution in [1.29, 1.82) is 0 Å². The highest BCUT2D eigenvalue weighted by atomic mass is 16.7. The summed E-state index contributed by atoms with van der Waals surface area (Å²) in [5.41, 5.74) is -0.712. The molecule has 3 aliphatic rings. The number of fused-ring (bicyclic) bond motifs is 2. The molecule has 144 valence electrons. The van der Waals surface area contributed by atoms with Crippen molar-refractivity contribution in [3.8, 4) is 0 Å². The van der Waals surface area contributed by atoms with E-state index in [0.717, 1.165) is 0 Å². The molecule has 9 nitrogen and oxygen atoms in total. The van der Waals surface area contributed by atoms with Crippen molar-refractivity contribution in [3.63, 3.8) is 0 Å². The molecule has 3 fully saturated rings. The van der Waals surface area contributed by atoms with E-state index < -0.39 is 60.5 Å². The first-order chi connectivity index (χ1) is 11.6. The van der Waals surface area contributed by atoms with Gasteiger partial charge in [-0.05, 0) is 27.2 Å². The van der Waals surface area contributed by atoms with Gasteiger partial charge in [-0.25, -0.2) is 4.79 Å². The summed E-state index contributed by atoms with van der Waals surface area (Å²) in [6.07, 6.45) is -6.51. The zero-order valence-electron chi connectivity index (χ0n) is 14.6. The molecule has 1 amide bonds. The van der Waals surface area contributed by atoms with Crippen LogP contribution in [-0.4, -0.2) is 93.0 Å². The van der Waals surface area contributed by atoms with E-state index in [1.54, 1.807) is 20.8 Å². The van der Waals surface area contributed by atoms with Crippen molar-refractivity contribution in [1.82, 2.24) is 4.90 Å². The van der Waals surface area contributed by atoms with Gasteiger partial charge in [-0.3, -0.25) is 4.90 Å². The van der Waals surface area contributed by atoms with Crippen LogP contribution in [0.15, 0.2) is 0 Å². The van der Waals surface area contributed by atoms with Crippen molar-refractivity contribution in [2.75, 3.05) is 13.2 Å². The summed E-state index contributed by atoms with van der Waals surface area (Å²) in [5, 5.41) is 41.2. The summed E-state index contributed by atoms with van der Waals surface area (Å²) in [5.74, 6) is -0.839. The van der Waals surface area contributed by atoms with Crippen molar-refractivity contribution >= 4 is 6.09 Å². The van der Waals surface area contributed by atoms with Gasteiger partial charge in [0, 0.05) is 5.92 Å². The fraction of sp³-hybridized carbons (Fsp3) is 0.938. The number of β-amino-alcohol motifs (C(OH)–C–C–N with tert-alkyl or cyclic N) is 1. The second kappa shape index (κ2) is 6.64. The second-order valence-corrected chi connectivity index (χ2v) is 8.01. The standard InChI is InChI=1S/C16H27NO8/c1-16(2,3)25-15(22)17-5-7(18)4-8(17)11(19)10-9-6-23-14(24-9)13(21)12(10)20/h7-14,18-21H,4-6H2,1-3H3/t7-,8+,9-,10+,11?,12+,13-,14-/m1/s1. The fourth-order valence-corrected chi connectivity index (χ4v) is 3.81. The second-order valence-electron chi connectivity index (χ2n) is 8.01. The van der Waals surface area contributed by atoms with E-state index in [4.69, 9.17) is 14.2 Å². The number of likely N-dealkylation sites (tertiary alicyclic amines) is 1. The molecule has 25 heavy (non-hydrogen) atoms. The van der Waals surface area contributed by atoms with E-state index in [1.807, 2.05) is 0 Å². The molecule has 0 aromatic heterocycles. The van der Waals surface area contributed by atoms with E-state index in [-0.39, 0.29) is 19.6 Å². The van der Waals surface area contributed by atoms with E-state index in [0.29, 0.717) is 0 Å². The van der Waals surface area contributed by atoms with E-state index in [9.17, 15) is 25.2 Å². The Morgan fingerprint density at radius 2 is 1.92 bits per heavy atom. The monoisotopic (exact) mass is 361 g/mol. The summed E-state index contributed by atoms with van der Waals surface area (Å²) in [4.78, 5) is 13.7. The van der Waals surface area contributed by atoms with Crippen LogP contribution >= 0.6 is 0 Å². The van der Waals surface area contributed by atoms with E-state index >= 15 is 0 Å². The van der Waals surface area contributed by atoms with Crippen molar-refractivity contribution < 1.29 is 39.4 Å². The molecule has 3 heterocycles. The topological polar surface area (TPSA) is 129 Å². The van der Waals surface area contributed by atoms with Crippen molar-refractivity contribution in [2.45, 2.75) is 75.6 Å². The first-order valence-electron chi connectivity index (χ1n) is 8.57. The average Bonchev–Trinajstić information content (AvgIpc) is 3.08. The Balaban J connectivity index is 1.77. The van der Waals surface area contributed by atoms with Gasteiger partial charge < -0.3 is 34.6 Å². The molecule has 0 spiro atoms. The van der Waals surface area contributed by atoms with Crippen molar-refractivity contribution in [2.24, 2.45) is 5.92 Å². The molecule has 0 aromatic carbocycles. The van der Waals surface area contributed by atoms with Gasteiger partial charge in [0.25, 0.3) is 0 Å². The highest BCUT2D eigenvalue weighted by Gasteiger charge is 2.55. The molecule has 3 rings (SSSR count). The largest absolute Gasteiger partial charge is 0.444 e. The minimum absolute atomic E-state index is 0.0344. The maximum atomic E-state index is 12.4. The third kappa shape index (κ3) is 3.62. The number of hydrogen-bond donors (Lipinski definition) is 4. The number of hydrogen-bond acceptors (Lipinski definition) is 8. The van der Waals surface area contributed by atoms with Gasteiger partial charge in [0.1, 0.15) is 11.7 Å². The number of nitrogens with zero attached hydrogens (tertiary/aromatic N) is 1. The summed E-state index contributed by atoms with van der Waals surface area (Å²) in [7, 11) is 0. The summed E-state index contributed by atoms with van der Waals surface area (Å²) >= 11 is 0. The van der Waals surface area contributed by atoms with E-state index in [1.165, 1.54) is 4.90 Å². The Kier molecular flexibility index (Phi) is 5.00. The summed E-state index contributed by atoms with van der Waals surface area (Å²) in [6, 6.07) is -0.752. The van der Waals surface area contributed by atoms with Crippen LogP contribution in [0, 0.1) is 5.92 Å². The molecule has 0 radical (unpaired) electrons. The maximum Gasteiger partial charge on any atom is 0.410 e. The number of aliphatic hydroxyl groups excluding tert-OH is 4. The Morgan fingerprint density at radius 3 is 2.56 bits per heavy atom. The summed E-state index contributed by atoms with van der Waals surface area (Å²) < 4.78 is 16.1. The molecule has 2 bridgehead atoms. The minimum atomic E-state index is -1.28. The van der Waals surface area contributed by atoms with Crippen LogP contribution < -0.4 is 0 Å². The van der Waals surface area contributed by atoms with Gasteiger partial charge in [-0.15, -0.1) is 0 Å². The van der Waals surface area contributed by atoms with Gasteiger partial charge in [0.15, 0.2) is 6.29 Å². The van der Waals surface area contributed by atoms with Gasteiger partial charge >= 0.3 is 6.09 Å². The van der Waals surface area contributed by atoms with Gasteiger partial charge in [0.2, 0.25) is 0 Å². The lowest BCUT2D eigenvalue weighted by molar-refractivity contribution is -0.230. The highest BCUT2D eigenvalue weighted by molar-refractivity contribution is 5.69. The SMILES string of the molecule is CC(C)(C)OC(=O)N1C[C@H](O)C[C@H]1C(O)[C@H]1[C@H](O)[C@@H](O)[C@@H]2OC[C@H]1O2. The third-order valence-electron chi connectivity index (χ3n) is 4.92. The Bertz CT molecular complexity index is 509. The number of aliphatic hydroxyl groups is 4. The Morgan fingerprint density at radius 1 is 1.24 bits per heavy atom. The molecule has 1 unspecified atom stereocenters. The zero-order valence-corrected chi connectivity index (χ0v) is 14.6. The van der Waals surface area contributed by atoms with Crippen LogP contribution in [0.1, 0.15) is 27.2 Å². The molecule has 4 N–H and O–H groups in total. The number of rotatable bonds is 2. The van der Waals surface area contributed by atoms with E-state index in [2.05, 4.69) is 0 Å². The van der Waals surface area contributed by atoms with Crippen LogP contribution in [0.4, 0.5) is 4.79 Å². The molecule has 8 atom stereocenters. The molecule has 3 saturated heterocycles. The van der Waals surface area contributed by atoms with Gasteiger partial charge in [-0.1, -0.05) is 0 Å².